The number of amides is 2. The van der Waals surface area contributed by atoms with Crippen LogP contribution in [0.2, 0.25) is 0 Å². The number of carbonyl (C=O) groups is 2. The number of rotatable bonds is 7. The zero-order valence-electron chi connectivity index (χ0n) is 13.3. The number of halogens is 3. The monoisotopic (exact) mass is 392 g/mol. The van der Waals surface area contributed by atoms with Crippen molar-refractivity contribution in [3.63, 3.8) is 0 Å². The Morgan fingerprint density at radius 3 is 2.65 bits per heavy atom. The van der Waals surface area contributed by atoms with Crippen molar-refractivity contribution in [1.82, 2.24) is 10.2 Å². The number of hydrogen-bond donors (Lipinski definition) is 2. The van der Waals surface area contributed by atoms with Crippen LogP contribution in [0.3, 0.4) is 0 Å². The number of hydrogen-bond acceptors (Lipinski definition) is 6. The predicted octanol–water partition coefficient (Wildman–Crippen LogP) is 1.67. The molecule has 1 aromatic carbocycles. The van der Waals surface area contributed by atoms with Crippen LogP contribution in [-0.2, 0) is 15.8 Å². The molecule has 2 amide bonds. The number of alkyl halides is 3. The van der Waals surface area contributed by atoms with Crippen molar-refractivity contribution in [3.05, 3.63) is 33.9 Å². The second-order valence-corrected chi connectivity index (χ2v) is 6.29. The molecule has 1 aromatic rings. The Morgan fingerprint density at radius 2 is 2.08 bits per heavy atom. The number of thioether (sulfide) groups is 1. The first-order valence-electron chi connectivity index (χ1n) is 7.40. The van der Waals surface area contributed by atoms with Gasteiger partial charge in [-0.05, 0) is 12.1 Å². The molecular weight excluding hydrogens is 377 g/mol. The van der Waals surface area contributed by atoms with Crippen LogP contribution in [0.1, 0.15) is 5.56 Å². The highest BCUT2D eigenvalue weighted by atomic mass is 32.2. The minimum Gasteiger partial charge on any atom is -0.378 e. The maximum absolute atomic E-state index is 12.6. The van der Waals surface area contributed by atoms with Crippen molar-refractivity contribution in [2.45, 2.75) is 6.18 Å². The number of nitrogens with one attached hydrogen (secondary N) is 2. The molecule has 1 saturated heterocycles. The molecule has 1 aliphatic heterocycles. The van der Waals surface area contributed by atoms with E-state index in [-0.39, 0.29) is 37.1 Å². The van der Waals surface area contributed by atoms with Gasteiger partial charge in [0.05, 0.1) is 22.1 Å². The predicted molar refractivity (Wildman–Crippen MR) is 88.6 cm³/mol. The lowest BCUT2D eigenvalue weighted by atomic mass is 10.1. The number of nitro groups is 1. The van der Waals surface area contributed by atoms with E-state index < -0.39 is 22.4 Å². The normalized spacial score (nSPS) is 14.4. The molecule has 0 bridgehead atoms. The molecular formula is C14H15F3N4O4S. The zero-order chi connectivity index (χ0) is 19.3. The summed E-state index contributed by atoms with van der Waals surface area (Å²) >= 11 is 1.41. The van der Waals surface area contributed by atoms with E-state index in [1.807, 2.05) is 0 Å². The van der Waals surface area contributed by atoms with Crippen LogP contribution in [-0.4, -0.2) is 52.9 Å². The fourth-order valence-corrected chi connectivity index (χ4v) is 3.08. The van der Waals surface area contributed by atoms with Crippen LogP contribution in [0, 0.1) is 10.1 Å². The average molecular weight is 392 g/mol. The Morgan fingerprint density at radius 1 is 1.35 bits per heavy atom. The first kappa shape index (κ1) is 19.8. The molecule has 8 nitrogen and oxygen atoms in total. The summed E-state index contributed by atoms with van der Waals surface area (Å²) < 4.78 is 37.9. The highest BCUT2D eigenvalue weighted by Crippen LogP contribution is 2.34. The van der Waals surface area contributed by atoms with Crippen molar-refractivity contribution >= 4 is 35.0 Å². The second kappa shape index (κ2) is 8.25. The largest absolute Gasteiger partial charge is 0.416 e. The summed E-state index contributed by atoms with van der Waals surface area (Å²) in [6, 6.07) is 2.17. The molecule has 1 fully saturated rings. The van der Waals surface area contributed by atoms with Crippen molar-refractivity contribution in [3.8, 4) is 0 Å². The molecule has 0 spiro atoms. The van der Waals surface area contributed by atoms with E-state index in [1.165, 1.54) is 16.7 Å². The molecule has 0 aromatic heterocycles. The topological polar surface area (TPSA) is 105 Å². The van der Waals surface area contributed by atoms with Crippen molar-refractivity contribution in [2.24, 2.45) is 0 Å². The third kappa shape index (κ3) is 5.25. The maximum Gasteiger partial charge on any atom is 0.416 e. The van der Waals surface area contributed by atoms with Gasteiger partial charge in [-0.2, -0.15) is 13.2 Å². The minimum atomic E-state index is -4.68. The van der Waals surface area contributed by atoms with Crippen LogP contribution >= 0.6 is 11.8 Å². The van der Waals surface area contributed by atoms with Gasteiger partial charge in [0.2, 0.25) is 11.8 Å². The molecule has 0 unspecified atom stereocenters. The zero-order valence-corrected chi connectivity index (χ0v) is 14.2. The Bertz CT molecular complexity index is 714. The van der Waals surface area contributed by atoms with Gasteiger partial charge in [0.25, 0.3) is 5.69 Å². The standard InChI is InChI=1S/C14H15F3N4O4S/c15-14(16,17)9-1-2-10(11(5-9)21(24)25)18-3-4-19-12(22)6-20-8-26-7-13(20)23/h1-2,5,18H,3-4,6-8H2,(H,19,22). The van der Waals surface area contributed by atoms with Gasteiger partial charge >= 0.3 is 6.18 Å². The fourth-order valence-electron chi connectivity index (χ4n) is 2.18. The smallest absolute Gasteiger partial charge is 0.378 e. The van der Waals surface area contributed by atoms with Gasteiger partial charge in [-0.3, -0.25) is 19.7 Å². The fraction of sp³-hybridized carbons (Fsp3) is 0.429. The molecule has 0 radical (unpaired) electrons. The number of benzene rings is 1. The summed E-state index contributed by atoms with van der Waals surface area (Å²) in [6.45, 7) is 0.0824. The van der Waals surface area contributed by atoms with E-state index in [4.69, 9.17) is 0 Å². The van der Waals surface area contributed by atoms with Crippen LogP contribution in [0.25, 0.3) is 0 Å². The molecule has 1 heterocycles. The van der Waals surface area contributed by atoms with E-state index >= 15 is 0 Å². The summed E-state index contributed by atoms with van der Waals surface area (Å²) in [5.41, 5.74) is -1.90. The quantitative estimate of drug-likeness (QED) is 0.416. The van der Waals surface area contributed by atoms with Gasteiger partial charge in [-0.15, -0.1) is 11.8 Å². The molecule has 2 N–H and O–H groups in total. The molecule has 2 rings (SSSR count). The van der Waals surface area contributed by atoms with Gasteiger partial charge in [0, 0.05) is 19.2 Å². The lowest BCUT2D eigenvalue weighted by molar-refractivity contribution is -0.384. The molecule has 0 saturated carbocycles. The van der Waals surface area contributed by atoms with Gasteiger partial charge < -0.3 is 15.5 Å². The molecule has 1 aliphatic rings. The van der Waals surface area contributed by atoms with Crippen molar-refractivity contribution in [2.75, 3.05) is 36.6 Å². The number of nitro benzene ring substituents is 1. The van der Waals surface area contributed by atoms with Crippen molar-refractivity contribution in [1.29, 1.82) is 0 Å². The maximum atomic E-state index is 12.6. The van der Waals surface area contributed by atoms with Gasteiger partial charge in [0.1, 0.15) is 12.2 Å². The van der Waals surface area contributed by atoms with E-state index in [0.29, 0.717) is 17.7 Å². The summed E-state index contributed by atoms with van der Waals surface area (Å²) in [4.78, 5) is 34.5. The van der Waals surface area contributed by atoms with Gasteiger partial charge in [-0.25, -0.2) is 0 Å². The van der Waals surface area contributed by atoms with E-state index in [9.17, 15) is 32.9 Å². The van der Waals surface area contributed by atoms with Crippen LogP contribution in [0.5, 0.6) is 0 Å². The summed E-state index contributed by atoms with van der Waals surface area (Å²) in [7, 11) is 0. The lowest BCUT2D eigenvalue weighted by Gasteiger charge is -2.14. The Balaban J connectivity index is 1.86. The molecule has 26 heavy (non-hydrogen) atoms. The Labute approximate surface area is 150 Å². The first-order chi connectivity index (χ1) is 12.2. The summed E-state index contributed by atoms with van der Waals surface area (Å²) in [5.74, 6) is 0.280. The van der Waals surface area contributed by atoms with Crippen LogP contribution in [0.4, 0.5) is 24.5 Å². The second-order valence-electron chi connectivity index (χ2n) is 5.33. The highest BCUT2D eigenvalue weighted by molar-refractivity contribution is 8.00. The summed E-state index contributed by atoms with van der Waals surface area (Å²) in [6.07, 6.45) is -4.68. The number of nitrogens with zero attached hydrogens (tertiary/aromatic N) is 2. The van der Waals surface area contributed by atoms with E-state index in [1.54, 1.807) is 0 Å². The van der Waals surface area contributed by atoms with Crippen LogP contribution in [0.15, 0.2) is 18.2 Å². The van der Waals surface area contributed by atoms with E-state index in [2.05, 4.69) is 10.6 Å². The number of carbonyl (C=O) groups excluding carboxylic acids is 2. The van der Waals surface area contributed by atoms with Gasteiger partial charge in [0.15, 0.2) is 0 Å². The Kier molecular flexibility index (Phi) is 6.29. The Hall–Kier alpha value is -2.50. The van der Waals surface area contributed by atoms with Crippen molar-refractivity contribution < 1.29 is 27.7 Å². The van der Waals surface area contributed by atoms with Gasteiger partial charge in [-0.1, -0.05) is 0 Å². The molecule has 0 atom stereocenters. The third-order valence-electron chi connectivity index (χ3n) is 3.44. The minimum absolute atomic E-state index is 0.0701. The SMILES string of the molecule is O=C(CN1CSCC1=O)NCCNc1ccc(C(F)(F)F)cc1[N+](=O)[O-]. The highest BCUT2D eigenvalue weighted by Gasteiger charge is 2.33. The average Bonchev–Trinajstić information content (AvgIpc) is 2.95. The number of anilines is 1. The van der Waals surface area contributed by atoms with E-state index in [0.717, 1.165) is 12.1 Å². The molecule has 142 valence electrons. The first-order valence-corrected chi connectivity index (χ1v) is 8.55. The molecule has 12 heteroatoms. The third-order valence-corrected chi connectivity index (χ3v) is 4.39. The van der Waals surface area contributed by atoms with Crippen LogP contribution < -0.4 is 10.6 Å². The molecule has 0 aliphatic carbocycles. The lowest BCUT2D eigenvalue weighted by Crippen LogP contribution is -2.39. The summed E-state index contributed by atoms with van der Waals surface area (Å²) in [5, 5.41) is 16.1.